The molecule has 1 atom stereocenters. The maximum absolute atomic E-state index is 13.4. The Hall–Kier alpha value is -2.98. The fourth-order valence-electron chi connectivity index (χ4n) is 3.56. The van der Waals surface area contributed by atoms with Gasteiger partial charge in [-0.15, -0.1) is 0 Å². The van der Waals surface area contributed by atoms with Crippen molar-refractivity contribution in [2.75, 3.05) is 19.7 Å². The van der Waals surface area contributed by atoms with Crippen LogP contribution in [0.1, 0.15) is 27.7 Å². The van der Waals surface area contributed by atoms with Gasteiger partial charge in [-0.1, -0.05) is 60.7 Å². The van der Waals surface area contributed by atoms with E-state index in [-0.39, 0.29) is 12.0 Å². The Morgan fingerprint density at radius 1 is 1.04 bits per heavy atom. The SMILES string of the molecule is Cc1nccc(-c2ccccc2)c1C(=O)N1CCOC(c2ccccc2)C1. The molecular weight excluding hydrogens is 336 g/mol. The van der Waals surface area contributed by atoms with Crippen molar-refractivity contribution in [3.8, 4) is 11.1 Å². The van der Waals surface area contributed by atoms with E-state index >= 15 is 0 Å². The minimum absolute atomic E-state index is 0.0173. The average molecular weight is 358 g/mol. The number of aromatic nitrogens is 1. The van der Waals surface area contributed by atoms with Crippen molar-refractivity contribution in [1.29, 1.82) is 0 Å². The molecule has 1 aliphatic rings. The normalized spacial score (nSPS) is 16.9. The predicted octanol–water partition coefficient (Wildman–Crippen LogP) is 4.27. The molecule has 4 heteroatoms. The lowest BCUT2D eigenvalue weighted by molar-refractivity contribution is -0.0228. The van der Waals surface area contributed by atoms with E-state index in [1.54, 1.807) is 6.20 Å². The highest BCUT2D eigenvalue weighted by Gasteiger charge is 2.28. The van der Waals surface area contributed by atoms with Gasteiger partial charge in [0.1, 0.15) is 6.10 Å². The third kappa shape index (κ3) is 3.62. The highest BCUT2D eigenvalue weighted by atomic mass is 16.5. The standard InChI is InChI=1S/C23H22N2O2/c1-17-22(20(12-13-24-17)18-8-4-2-5-9-18)23(26)25-14-15-27-21(16-25)19-10-6-3-7-11-19/h2-13,21H,14-16H2,1H3. The van der Waals surface area contributed by atoms with Gasteiger partial charge < -0.3 is 9.64 Å². The number of carbonyl (C=O) groups is 1. The van der Waals surface area contributed by atoms with Crippen LogP contribution in [0.5, 0.6) is 0 Å². The fourth-order valence-corrected chi connectivity index (χ4v) is 3.56. The van der Waals surface area contributed by atoms with Crippen LogP contribution in [0.25, 0.3) is 11.1 Å². The smallest absolute Gasteiger partial charge is 0.256 e. The topological polar surface area (TPSA) is 42.4 Å². The van der Waals surface area contributed by atoms with Crippen LogP contribution in [-0.2, 0) is 4.74 Å². The molecule has 0 aliphatic carbocycles. The van der Waals surface area contributed by atoms with E-state index in [0.717, 1.165) is 22.4 Å². The molecule has 27 heavy (non-hydrogen) atoms. The second-order valence-corrected chi connectivity index (χ2v) is 6.71. The summed E-state index contributed by atoms with van der Waals surface area (Å²) in [5, 5.41) is 0. The number of amides is 1. The molecule has 0 bridgehead atoms. The third-order valence-electron chi connectivity index (χ3n) is 4.96. The van der Waals surface area contributed by atoms with Crippen LogP contribution in [0.15, 0.2) is 72.9 Å². The molecule has 1 aliphatic heterocycles. The number of nitrogens with zero attached hydrogens (tertiary/aromatic N) is 2. The van der Waals surface area contributed by atoms with Crippen LogP contribution in [0.2, 0.25) is 0 Å². The highest BCUT2D eigenvalue weighted by molar-refractivity contribution is 6.01. The van der Waals surface area contributed by atoms with Gasteiger partial charge in [-0.3, -0.25) is 9.78 Å². The van der Waals surface area contributed by atoms with E-state index in [0.29, 0.717) is 25.3 Å². The number of rotatable bonds is 3. The largest absolute Gasteiger partial charge is 0.370 e. The van der Waals surface area contributed by atoms with Gasteiger partial charge in [0.05, 0.1) is 24.4 Å². The summed E-state index contributed by atoms with van der Waals surface area (Å²) in [6.45, 7) is 3.57. The van der Waals surface area contributed by atoms with Crippen LogP contribution in [0, 0.1) is 6.92 Å². The zero-order valence-electron chi connectivity index (χ0n) is 15.3. The van der Waals surface area contributed by atoms with Crippen LogP contribution in [0.3, 0.4) is 0 Å². The van der Waals surface area contributed by atoms with Gasteiger partial charge in [0.2, 0.25) is 0 Å². The molecule has 4 rings (SSSR count). The zero-order valence-corrected chi connectivity index (χ0v) is 15.3. The lowest BCUT2D eigenvalue weighted by Crippen LogP contribution is -2.42. The summed E-state index contributed by atoms with van der Waals surface area (Å²) in [6.07, 6.45) is 1.67. The average Bonchev–Trinajstić information content (AvgIpc) is 2.74. The minimum atomic E-state index is -0.0962. The molecule has 3 aromatic rings. The molecule has 1 unspecified atom stereocenters. The predicted molar refractivity (Wildman–Crippen MR) is 105 cm³/mol. The van der Waals surface area contributed by atoms with E-state index in [1.165, 1.54) is 0 Å². The van der Waals surface area contributed by atoms with Gasteiger partial charge in [0.15, 0.2) is 0 Å². The Morgan fingerprint density at radius 2 is 1.74 bits per heavy atom. The summed E-state index contributed by atoms with van der Waals surface area (Å²) in [6, 6.07) is 22.0. The number of morpholine rings is 1. The quantitative estimate of drug-likeness (QED) is 0.702. The third-order valence-corrected chi connectivity index (χ3v) is 4.96. The van der Waals surface area contributed by atoms with Crippen LogP contribution >= 0.6 is 0 Å². The maximum Gasteiger partial charge on any atom is 0.256 e. The number of carbonyl (C=O) groups excluding carboxylic acids is 1. The monoisotopic (exact) mass is 358 g/mol. The Bertz CT molecular complexity index is 926. The Labute approximate surface area is 159 Å². The Balaban J connectivity index is 1.65. The van der Waals surface area contributed by atoms with Gasteiger partial charge in [-0.05, 0) is 29.7 Å². The Kier molecular flexibility index (Phi) is 4.99. The lowest BCUT2D eigenvalue weighted by atomic mass is 9.98. The molecule has 0 radical (unpaired) electrons. The van der Waals surface area contributed by atoms with Crippen LogP contribution < -0.4 is 0 Å². The van der Waals surface area contributed by atoms with Gasteiger partial charge in [0, 0.05) is 12.7 Å². The second-order valence-electron chi connectivity index (χ2n) is 6.71. The highest BCUT2D eigenvalue weighted by Crippen LogP contribution is 2.28. The van der Waals surface area contributed by atoms with Crippen molar-refractivity contribution in [1.82, 2.24) is 9.88 Å². The van der Waals surface area contributed by atoms with Crippen LogP contribution in [-0.4, -0.2) is 35.5 Å². The second kappa shape index (κ2) is 7.72. The molecule has 136 valence electrons. The first-order valence-electron chi connectivity index (χ1n) is 9.21. The first-order chi connectivity index (χ1) is 13.2. The number of aryl methyl sites for hydroxylation is 1. The molecule has 1 saturated heterocycles. The summed E-state index contributed by atoms with van der Waals surface area (Å²) in [4.78, 5) is 19.7. The molecule has 1 aromatic heterocycles. The summed E-state index contributed by atoms with van der Waals surface area (Å²) in [5.74, 6) is 0.0173. The summed E-state index contributed by atoms with van der Waals surface area (Å²) in [7, 11) is 0. The van der Waals surface area contributed by atoms with Crippen LogP contribution in [0.4, 0.5) is 0 Å². The molecule has 1 fully saturated rings. The van der Waals surface area contributed by atoms with Crippen molar-refractivity contribution in [2.24, 2.45) is 0 Å². The minimum Gasteiger partial charge on any atom is -0.370 e. The molecule has 4 nitrogen and oxygen atoms in total. The first kappa shape index (κ1) is 17.4. The molecule has 0 saturated carbocycles. The van der Waals surface area contributed by atoms with Crippen molar-refractivity contribution >= 4 is 5.91 Å². The number of pyridine rings is 1. The van der Waals surface area contributed by atoms with Crippen molar-refractivity contribution < 1.29 is 9.53 Å². The summed E-state index contributed by atoms with van der Waals surface area (Å²) < 4.78 is 5.92. The van der Waals surface area contributed by atoms with E-state index in [1.807, 2.05) is 78.6 Å². The lowest BCUT2D eigenvalue weighted by Gasteiger charge is -2.34. The molecule has 2 heterocycles. The summed E-state index contributed by atoms with van der Waals surface area (Å²) >= 11 is 0. The maximum atomic E-state index is 13.4. The first-order valence-corrected chi connectivity index (χ1v) is 9.21. The number of hydrogen-bond donors (Lipinski definition) is 0. The number of ether oxygens (including phenoxy) is 1. The Morgan fingerprint density at radius 3 is 2.48 bits per heavy atom. The molecule has 0 N–H and O–H groups in total. The molecule has 1 amide bonds. The van der Waals surface area contributed by atoms with Gasteiger partial charge in [0.25, 0.3) is 5.91 Å². The van der Waals surface area contributed by atoms with Crippen molar-refractivity contribution in [3.05, 3.63) is 89.7 Å². The summed E-state index contributed by atoms with van der Waals surface area (Å²) in [5.41, 5.74) is 4.48. The van der Waals surface area contributed by atoms with E-state index in [2.05, 4.69) is 4.98 Å². The van der Waals surface area contributed by atoms with E-state index in [9.17, 15) is 4.79 Å². The van der Waals surface area contributed by atoms with Gasteiger partial charge in [-0.25, -0.2) is 0 Å². The number of hydrogen-bond acceptors (Lipinski definition) is 3. The van der Waals surface area contributed by atoms with Crippen molar-refractivity contribution in [2.45, 2.75) is 13.0 Å². The van der Waals surface area contributed by atoms with Gasteiger partial charge in [-0.2, -0.15) is 0 Å². The van der Waals surface area contributed by atoms with E-state index in [4.69, 9.17) is 4.74 Å². The van der Waals surface area contributed by atoms with E-state index < -0.39 is 0 Å². The number of benzene rings is 2. The molecule has 0 spiro atoms. The molecule has 2 aromatic carbocycles. The van der Waals surface area contributed by atoms with Gasteiger partial charge >= 0.3 is 0 Å². The zero-order chi connectivity index (χ0) is 18.6. The van der Waals surface area contributed by atoms with Crippen molar-refractivity contribution in [3.63, 3.8) is 0 Å². The fraction of sp³-hybridized carbons (Fsp3) is 0.217. The molecular formula is C23H22N2O2.